The molecule has 3 N–H and O–H groups in total. The summed E-state index contributed by atoms with van der Waals surface area (Å²) in [5.41, 5.74) is 5.60. The summed E-state index contributed by atoms with van der Waals surface area (Å²) in [7, 11) is -3.45. The Balaban J connectivity index is 1.97. The van der Waals surface area contributed by atoms with E-state index in [1.165, 1.54) is 12.6 Å². The van der Waals surface area contributed by atoms with Crippen molar-refractivity contribution in [1.82, 2.24) is 14.5 Å². The van der Waals surface area contributed by atoms with Crippen molar-refractivity contribution >= 4 is 10.0 Å². The molecule has 1 aliphatic rings. The number of nitrogens with one attached hydrogen (secondary N) is 1. The summed E-state index contributed by atoms with van der Waals surface area (Å²) >= 11 is 0. The maximum absolute atomic E-state index is 12.2. The maximum atomic E-state index is 12.2. The van der Waals surface area contributed by atoms with Crippen molar-refractivity contribution in [3.05, 3.63) is 12.4 Å². The molecular weight excluding hydrogens is 276 g/mol. The molecule has 1 saturated carbocycles. The van der Waals surface area contributed by atoms with E-state index in [2.05, 4.69) is 16.7 Å². The molecule has 1 fully saturated rings. The molecule has 0 saturated heterocycles. The number of aryl methyl sites for hydroxylation is 1. The van der Waals surface area contributed by atoms with Crippen LogP contribution >= 0.6 is 0 Å². The van der Waals surface area contributed by atoms with Crippen LogP contribution in [0.2, 0.25) is 0 Å². The third-order valence-corrected chi connectivity index (χ3v) is 5.67. The molecule has 0 amide bonds. The second-order valence-corrected chi connectivity index (χ2v) is 7.38. The zero-order valence-electron chi connectivity index (χ0n) is 12.0. The van der Waals surface area contributed by atoms with Gasteiger partial charge in [-0.3, -0.25) is 4.68 Å². The van der Waals surface area contributed by atoms with Gasteiger partial charge in [-0.1, -0.05) is 13.3 Å². The Hall–Kier alpha value is -0.920. The van der Waals surface area contributed by atoms with E-state index >= 15 is 0 Å². The van der Waals surface area contributed by atoms with E-state index in [1.54, 1.807) is 10.9 Å². The highest BCUT2D eigenvalue weighted by Crippen LogP contribution is 2.43. The lowest BCUT2D eigenvalue weighted by Gasteiger charge is -2.41. The Morgan fingerprint density at radius 2 is 2.25 bits per heavy atom. The van der Waals surface area contributed by atoms with E-state index in [1.807, 2.05) is 0 Å². The Morgan fingerprint density at radius 1 is 1.50 bits per heavy atom. The Morgan fingerprint density at radius 3 is 2.80 bits per heavy atom. The number of nitrogens with two attached hydrogens (primary N) is 1. The first kappa shape index (κ1) is 15.5. The smallest absolute Gasteiger partial charge is 0.243 e. The van der Waals surface area contributed by atoms with Gasteiger partial charge >= 0.3 is 0 Å². The minimum absolute atomic E-state index is 0.169. The van der Waals surface area contributed by atoms with Crippen LogP contribution in [0.4, 0.5) is 0 Å². The molecule has 20 heavy (non-hydrogen) atoms. The molecule has 0 spiro atoms. The average molecular weight is 300 g/mol. The number of hydrogen-bond acceptors (Lipinski definition) is 4. The van der Waals surface area contributed by atoms with Crippen LogP contribution in [0.3, 0.4) is 0 Å². The van der Waals surface area contributed by atoms with Gasteiger partial charge in [0.25, 0.3) is 0 Å². The van der Waals surface area contributed by atoms with Crippen molar-refractivity contribution in [2.24, 2.45) is 11.1 Å². The van der Waals surface area contributed by atoms with Crippen LogP contribution in [-0.2, 0) is 16.6 Å². The molecular formula is C13H24N4O2S. The predicted octanol–water partition coefficient (Wildman–Crippen LogP) is 1.09. The SMILES string of the molecule is CCC1(CNS(=O)(=O)c2cnn(CCCN)c2)CCC1. The van der Waals surface area contributed by atoms with Gasteiger partial charge in [0.05, 0.1) is 6.20 Å². The standard InChI is InChI=1S/C13H24N4O2S/c1-2-13(5-3-6-13)11-16-20(18,19)12-9-15-17(10-12)8-4-7-14/h9-10,16H,2-8,11,14H2,1H3. The third kappa shape index (κ3) is 3.39. The van der Waals surface area contributed by atoms with Crippen molar-refractivity contribution in [3.8, 4) is 0 Å². The van der Waals surface area contributed by atoms with Gasteiger partial charge in [-0.2, -0.15) is 5.10 Å². The molecule has 7 heteroatoms. The van der Waals surface area contributed by atoms with Gasteiger partial charge in [0.1, 0.15) is 4.90 Å². The lowest BCUT2D eigenvalue weighted by atomic mass is 9.67. The van der Waals surface area contributed by atoms with Gasteiger partial charge in [0.15, 0.2) is 0 Å². The summed E-state index contributed by atoms with van der Waals surface area (Å²) in [6.45, 7) is 3.86. The van der Waals surface area contributed by atoms with Crippen LogP contribution in [0.1, 0.15) is 39.0 Å². The van der Waals surface area contributed by atoms with Gasteiger partial charge in [0, 0.05) is 19.3 Å². The van der Waals surface area contributed by atoms with Crippen LogP contribution in [0.15, 0.2) is 17.3 Å². The minimum Gasteiger partial charge on any atom is -0.330 e. The fraction of sp³-hybridized carbons (Fsp3) is 0.769. The first-order valence-corrected chi connectivity index (χ1v) is 8.72. The van der Waals surface area contributed by atoms with Crippen LogP contribution in [0.5, 0.6) is 0 Å². The van der Waals surface area contributed by atoms with Crippen molar-refractivity contribution < 1.29 is 8.42 Å². The summed E-state index contributed by atoms with van der Waals surface area (Å²) in [5, 5.41) is 4.06. The van der Waals surface area contributed by atoms with Crippen LogP contribution in [-0.4, -0.2) is 31.3 Å². The molecule has 0 bridgehead atoms. The van der Waals surface area contributed by atoms with Gasteiger partial charge in [-0.25, -0.2) is 13.1 Å². The maximum Gasteiger partial charge on any atom is 0.243 e. The van der Waals surface area contributed by atoms with E-state index in [0.29, 0.717) is 19.6 Å². The van der Waals surface area contributed by atoms with Gasteiger partial charge in [0.2, 0.25) is 10.0 Å². The lowest BCUT2D eigenvalue weighted by Crippen LogP contribution is -2.41. The van der Waals surface area contributed by atoms with Gasteiger partial charge in [-0.05, 0) is 37.6 Å². The second kappa shape index (κ2) is 6.24. The third-order valence-electron chi connectivity index (χ3n) is 4.31. The van der Waals surface area contributed by atoms with Crippen molar-refractivity contribution in [2.45, 2.75) is 50.5 Å². The van der Waals surface area contributed by atoms with Gasteiger partial charge < -0.3 is 5.73 Å². The number of hydrogen-bond donors (Lipinski definition) is 2. The molecule has 0 aromatic carbocycles. The first-order valence-electron chi connectivity index (χ1n) is 7.23. The Bertz CT molecular complexity index is 529. The molecule has 0 unspecified atom stereocenters. The molecule has 1 aliphatic carbocycles. The van der Waals surface area contributed by atoms with E-state index in [0.717, 1.165) is 25.7 Å². The molecule has 1 aromatic heterocycles. The molecule has 0 aliphatic heterocycles. The fourth-order valence-electron chi connectivity index (χ4n) is 2.52. The first-order chi connectivity index (χ1) is 9.51. The molecule has 0 radical (unpaired) electrons. The van der Waals surface area contributed by atoms with Crippen LogP contribution in [0.25, 0.3) is 0 Å². The van der Waals surface area contributed by atoms with Crippen molar-refractivity contribution in [2.75, 3.05) is 13.1 Å². The zero-order valence-corrected chi connectivity index (χ0v) is 12.8. The summed E-state index contributed by atoms with van der Waals surface area (Å²) in [6, 6.07) is 0. The van der Waals surface area contributed by atoms with Crippen molar-refractivity contribution in [1.29, 1.82) is 0 Å². The summed E-state index contributed by atoms with van der Waals surface area (Å²) in [5.74, 6) is 0. The number of nitrogens with zero attached hydrogens (tertiary/aromatic N) is 2. The molecule has 0 atom stereocenters. The number of rotatable bonds is 8. The summed E-state index contributed by atoms with van der Waals surface area (Å²) < 4.78 is 28.8. The topological polar surface area (TPSA) is 90.0 Å². The van der Waals surface area contributed by atoms with E-state index < -0.39 is 10.0 Å². The second-order valence-electron chi connectivity index (χ2n) is 5.61. The van der Waals surface area contributed by atoms with Crippen molar-refractivity contribution in [3.63, 3.8) is 0 Å². The monoisotopic (exact) mass is 300 g/mol. The Kier molecular flexibility index (Phi) is 4.82. The molecule has 2 rings (SSSR count). The van der Waals surface area contributed by atoms with Crippen LogP contribution < -0.4 is 10.5 Å². The highest BCUT2D eigenvalue weighted by atomic mass is 32.2. The Labute approximate surface area is 120 Å². The fourth-order valence-corrected chi connectivity index (χ4v) is 3.63. The zero-order chi connectivity index (χ0) is 14.6. The normalized spacial score (nSPS) is 17.9. The minimum atomic E-state index is -3.45. The largest absolute Gasteiger partial charge is 0.330 e. The van der Waals surface area contributed by atoms with E-state index in [9.17, 15) is 8.42 Å². The molecule has 1 heterocycles. The highest BCUT2D eigenvalue weighted by Gasteiger charge is 2.36. The predicted molar refractivity (Wildman–Crippen MR) is 77.7 cm³/mol. The lowest BCUT2D eigenvalue weighted by molar-refractivity contribution is 0.133. The molecule has 114 valence electrons. The average Bonchev–Trinajstić information content (AvgIpc) is 2.85. The van der Waals surface area contributed by atoms with E-state index in [-0.39, 0.29) is 10.3 Å². The quantitative estimate of drug-likeness (QED) is 0.752. The van der Waals surface area contributed by atoms with Gasteiger partial charge in [-0.15, -0.1) is 0 Å². The summed E-state index contributed by atoms with van der Waals surface area (Å²) in [4.78, 5) is 0.236. The molecule has 1 aromatic rings. The molecule has 6 nitrogen and oxygen atoms in total. The van der Waals surface area contributed by atoms with Crippen LogP contribution in [0, 0.1) is 5.41 Å². The highest BCUT2D eigenvalue weighted by molar-refractivity contribution is 7.89. The number of sulfonamides is 1. The number of aromatic nitrogens is 2. The van der Waals surface area contributed by atoms with E-state index in [4.69, 9.17) is 5.73 Å². The summed E-state index contributed by atoms with van der Waals surface area (Å²) in [6.07, 6.45) is 8.20.